The Morgan fingerprint density at radius 3 is 2.32 bits per heavy atom. The van der Waals surface area contributed by atoms with Gasteiger partial charge in [0, 0.05) is 20.2 Å². The molecule has 0 aliphatic carbocycles. The van der Waals surface area contributed by atoms with Crippen molar-refractivity contribution in [3.05, 3.63) is 0 Å². The Morgan fingerprint density at radius 1 is 1.23 bits per heavy atom. The molecule has 0 aromatic rings. The second kappa shape index (κ2) is 7.18. The summed E-state index contributed by atoms with van der Waals surface area (Å²) < 4.78 is 11.3. The highest BCUT2D eigenvalue weighted by molar-refractivity contribution is 5.68. The number of nitrogens with zero attached hydrogens (tertiary/aromatic N) is 1. The topological polar surface area (TPSA) is 50.8 Å². The molecule has 2 aliphatic rings. The maximum Gasteiger partial charge on any atom is 0.410 e. The van der Waals surface area contributed by atoms with Gasteiger partial charge in [-0.15, -0.1) is 0 Å². The summed E-state index contributed by atoms with van der Waals surface area (Å²) >= 11 is 0. The second-order valence-corrected chi connectivity index (χ2v) is 7.75. The number of carbonyl (C=O) groups is 1. The van der Waals surface area contributed by atoms with Crippen molar-refractivity contribution >= 4 is 6.09 Å². The van der Waals surface area contributed by atoms with Crippen LogP contribution in [0.4, 0.5) is 4.79 Å². The first-order valence-corrected chi connectivity index (χ1v) is 8.57. The van der Waals surface area contributed by atoms with Crippen molar-refractivity contribution in [1.29, 1.82) is 0 Å². The number of rotatable bonds is 3. The van der Waals surface area contributed by atoms with Gasteiger partial charge in [0.15, 0.2) is 0 Å². The average Bonchev–Trinajstić information content (AvgIpc) is 2.47. The van der Waals surface area contributed by atoms with E-state index in [1.807, 2.05) is 32.8 Å². The number of carbonyl (C=O) groups excluding carboxylic acids is 1. The van der Waals surface area contributed by atoms with E-state index in [2.05, 4.69) is 5.32 Å². The maximum absolute atomic E-state index is 12.1. The lowest BCUT2D eigenvalue weighted by Crippen LogP contribution is -2.47. The van der Waals surface area contributed by atoms with Gasteiger partial charge in [0.05, 0.1) is 5.60 Å². The third-order valence-electron chi connectivity index (χ3n) is 4.87. The quantitative estimate of drug-likeness (QED) is 0.870. The minimum absolute atomic E-state index is 0.0456. The van der Waals surface area contributed by atoms with Crippen LogP contribution in [-0.4, -0.2) is 55.5 Å². The van der Waals surface area contributed by atoms with E-state index in [9.17, 15) is 4.79 Å². The van der Waals surface area contributed by atoms with Gasteiger partial charge in [-0.05, 0) is 71.9 Å². The Morgan fingerprint density at radius 2 is 1.82 bits per heavy atom. The number of likely N-dealkylation sites (tertiary alicyclic amines) is 1. The van der Waals surface area contributed by atoms with E-state index in [1.54, 1.807) is 0 Å². The number of hydrogen-bond acceptors (Lipinski definition) is 4. The highest BCUT2D eigenvalue weighted by atomic mass is 16.6. The van der Waals surface area contributed by atoms with E-state index < -0.39 is 5.60 Å². The number of methoxy groups -OCH3 is 1. The monoisotopic (exact) mass is 312 g/mol. The second-order valence-electron chi connectivity index (χ2n) is 7.75. The highest BCUT2D eigenvalue weighted by Crippen LogP contribution is 2.34. The van der Waals surface area contributed by atoms with Gasteiger partial charge in [0.1, 0.15) is 5.60 Å². The van der Waals surface area contributed by atoms with Crippen LogP contribution in [0.5, 0.6) is 0 Å². The summed E-state index contributed by atoms with van der Waals surface area (Å²) in [5.74, 6) is 0.650. The van der Waals surface area contributed by atoms with Crippen LogP contribution in [0.1, 0.15) is 52.9 Å². The highest BCUT2D eigenvalue weighted by Gasteiger charge is 2.36. The Hall–Kier alpha value is -0.810. The van der Waals surface area contributed by atoms with Crippen molar-refractivity contribution in [2.75, 3.05) is 33.3 Å². The predicted octanol–water partition coefficient (Wildman–Crippen LogP) is 2.79. The van der Waals surface area contributed by atoms with Gasteiger partial charge in [-0.3, -0.25) is 0 Å². The lowest BCUT2D eigenvalue weighted by atomic mass is 9.79. The molecule has 1 amide bonds. The zero-order valence-electron chi connectivity index (χ0n) is 14.6. The fourth-order valence-corrected chi connectivity index (χ4v) is 3.55. The summed E-state index contributed by atoms with van der Waals surface area (Å²) in [5, 5.41) is 3.41. The number of amides is 1. The molecule has 0 aromatic heterocycles. The summed E-state index contributed by atoms with van der Waals surface area (Å²) in [5.41, 5.74) is -0.368. The van der Waals surface area contributed by atoms with Crippen LogP contribution in [0.25, 0.3) is 0 Å². The Balaban J connectivity index is 1.80. The summed E-state index contributed by atoms with van der Waals surface area (Å²) in [6.07, 6.45) is 5.24. The van der Waals surface area contributed by atoms with Gasteiger partial charge in [-0.25, -0.2) is 4.79 Å². The van der Waals surface area contributed by atoms with Crippen molar-refractivity contribution in [2.45, 2.75) is 64.1 Å². The fraction of sp³-hybridized carbons (Fsp3) is 0.941. The molecule has 0 atom stereocenters. The minimum Gasteiger partial charge on any atom is -0.444 e. The molecular weight excluding hydrogens is 280 g/mol. The van der Waals surface area contributed by atoms with Gasteiger partial charge in [0.2, 0.25) is 0 Å². The molecule has 2 aliphatic heterocycles. The number of hydrogen-bond donors (Lipinski definition) is 1. The molecule has 0 aromatic carbocycles. The Kier molecular flexibility index (Phi) is 5.72. The summed E-state index contributed by atoms with van der Waals surface area (Å²) in [4.78, 5) is 14.0. The van der Waals surface area contributed by atoms with Crippen LogP contribution >= 0.6 is 0 Å². The summed E-state index contributed by atoms with van der Waals surface area (Å²) in [6.45, 7) is 9.44. The molecule has 2 fully saturated rings. The van der Waals surface area contributed by atoms with Crippen LogP contribution in [0.15, 0.2) is 0 Å². The molecule has 0 unspecified atom stereocenters. The first-order chi connectivity index (χ1) is 10.3. The van der Waals surface area contributed by atoms with Crippen molar-refractivity contribution in [1.82, 2.24) is 10.2 Å². The van der Waals surface area contributed by atoms with Gasteiger partial charge in [-0.1, -0.05) is 0 Å². The first-order valence-electron chi connectivity index (χ1n) is 8.57. The average molecular weight is 312 g/mol. The smallest absolute Gasteiger partial charge is 0.410 e. The number of piperidine rings is 2. The fourth-order valence-electron chi connectivity index (χ4n) is 3.55. The van der Waals surface area contributed by atoms with E-state index in [-0.39, 0.29) is 11.7 Å². The van der Waals surface area contributed by atoms with Crippen molar-refractivity contribution in [3.8, 4) is 0 Å². The SMILES string of the molecule is COC1(CC2CCN(C(=O)OC(C)(C)C)CC2)CCNCC1. The van der Waals surface area contributed by atoms with E-state index in [1.165, 1.54) is 0 Å². The summed E-state index contributed by atoms with van der Waals surface area (Å²) in [6, 6.07) is 0. The molecule has 5 nitrogen and oxygen atoms in total. The molecule has 0 saturated carbocycles. The van der Waals surface area contributed by atoms with Gasteiger partial charge >= 0.3 is 6.09 Å². The van der Waals surface area contributed by atoms with Crippen LogP contribution in [0.2, 0.25) is 0 Å². The zero-order valence-corrected chi connectivity index (χ0v) is 14.6. The molecule has 0 radical (unpaired) electrons. The standard InChI is InChI=1S/C17H32N2O3/c1-16(2,3)22-15(20)19-11-5-14(6-12-19)13-17(21-4)7-9-18-10-8-17/h14,18H,5-13H2,1-4H3. The minimum atomic E-state index is -0.414. The molecule has 0 spiro atoms. The molecular formula is C17H32N2O3. The largest absolute Gasteiger partial charge is 0.444 e. The molecule has 2 rings (SSSR count). The Bertz CT molecular complexity index is 365. The van der Waals surface area contributed by atoms with Crippen LogP contribution in [0, 0.1) is 5.92 Å². The number of ether oxygens (including phenoxy) is 2. The normalized spacial score (nSPS) is 23.4. The maximum atomic E-state index is 12.1. The molecule has 1 N–H and O–H groups in total. The van der Waals surface area contributed by atoms with E-state index >= 15 is 0 Å². The summed E-state index contributed by atoms with van der Waals surface area (Å²) in [7, 11) is 1.85. The first kappa shape index (κ1) is 17.5. The molecule has 0 bridgehead atoms. The van der Waals surface area contributed by atoms with E-state index in [0.29, 0.717) is 5.92 Å². The predicted molar refractivity (Wildman–Crippen MR) is 87.0 cm³/mol. The van der Waals surface area contributed by atoms with Crippen molar-refractivity contribution < 1.29 is 14.3 Å². The van der Waals surface area contributed by atoms with E-state index in [4.69, 9.17) is 9.47 Å². The lowest BCUT2D eigenvalue weighted by molar-refractivity contribution is -0.0573. The van der Waals surface area contributed by atoms with Crippen LogP contribution < -0.4 is 5.32 Å². The third-order valence-corrected chi connectivity index (χ3v) is 4.87. The van der Waals surface area contributed by atoms with Gasteiger partial charge in [0.25, 0.3) is 0 Å². The lowest BCUT2D eigenvalue weighted by Gasteiger charge is -2.41. The number of nitrogens with one attached hydrogen (secondary N) is 1. The van der Waals surface area contributed by atoms with Crippen molar-refractivity contribution in [2.24, 2.45) is 5.92 Å². The van der Waals surface area contributed by atoms with Crippen LogP contribution in [0.3, 0.4) is 0 Å². The van der Waals surface area contributed by atoms with Crippen molar-refractivity contribution in [3.63, 3.8) is 0 Å². The third kappa shape index (κ3) is 4.85. The molecule has 128 valence electrons. The molecule has 5 heteroatoms. The van der Waals surface area contributed by atoms with E-state index in [0.717, 1.165) is 58.3 Å². The van der Waals surface area contributed by atoms with Crippen LogP contribution in [-0.2, 0) is 9.47 Å². The van der Waals surface area contributed by atoms with Gasteiger partial charge in [-0.2, -0.15) is 0 Å². The molecule has 2 heterocycles. The molecule has 2 saturated heterocycles. The zero-order chi connectivity index (χ0) is 16.2. The van der Waals surface area contributed by atoms with Gasteiger partial charge < -0.3 is 19.7 Å². The Labute approximate surface area is 134 Å². The molecule has 22 heavy (non-hydrogen) atoms.